The SMILES string of the molecule is CC1CCC(OC(CNC2CC2)c2ccc(Br)cc2)CC1. The molecular formula is C18H26BrNO. The van der Waals surface area contributed by atoms with E-state index in [9.17, 15) is 0 Å². The molecule has 2 saturated carbocycles. The van der Waals surface area contributed by atoms with Gasteiger partial charge >= 0.3 is 0 Å². The van der Waals surface area contributed by atoms with Gasteiger partial charge in [-0.25, -0.2) is 0 Å². The van der Waals surface area contributed by atoms with Crippen LogP contribution in [0.5, 0.6) is 0 Å². The molecular weight excluding hydrogens is 326 g/mol. The standard InChI is InChI=1S/C18H26BrNO/c1-13-2-10-17(11-3-13)21-18(12-20-16-8-9-16)14-4-6-15(19)7-5-14/h4-7,13,16-18,20H,2-3,8-12H2,1H3. The van der Waals surface area contributed by atoms with Crippen LogP contribution in [-0.4, -0.2) is 18.7 Å². The van der Waals surface area contributed by atoms with E-state index in [-0.39, 0.29) is 6.10 Å². The van der Waals surface area contributed by atoms with Crippen LogP contribution in [0.25, 0.3) is 0 Å². The average molecular weight is 352 g/mol. The predicted molar refractivity (Wildman–Crippen MR) is 90.4 cm³/mol. The van der Waals surface area contributed by atoms with Crippen LogP contribution in [0.1, 0.15) is 57.1 Å². The van der Waals surface area contributed by atoms with Crippen molar-refractivity contribution >= 4 is 15.9 Å². The summed E-state index contributed by atoms with van der Waals surface area (Å²) < 4.78 is 7.60. The summed E-state index contributed by atoms with van der Waals surface area (Å²) in [5.41, 5.74) is 1.30. The summed E-state index contributed by atoms with van der Waals surface area (Å²) in [7, 11) is 0. The van der Waals surface area contributed by atoms with Gasteiger partial charge in [0.1, 0.15) is 0 Å². The summed E-state index contributed by atoms with van der Waals surface area (Å²) in [6.07, 6.45) is 8.35. The lowest BCUT2D eigenvalue weighted by Gasteiger charge is -2.30. The van der Waals surface area contributed by atoms with Crippen molar-refractivity contribution in [3.8, 4) is 0 Å². The fraction of sp³-hybridized carbons (Fsp3) is 0.667. The summed E-state index contributed by atoms with van der Waals surface area (Å²) in [5, 5.41) is 3.63. The molecule has 1 unspecified atom stereocenters. The third kappa shape index (κ3) is 4.80. The second-order valence-corrected chi connectivity index (χ2v) is 7.66. The molecule has 3 heteroatoms. The van der Waals surface area contributed by atoms with Gasteiger partial charge in [0.2, 0.25) is 0 Å². The largest absolute Gasteiger partial charge is 0.369 e. The Kier molecular flexibility index (Phi) is 5.36. The first-order chi connectivity index (χ1) is 10.2. The van der Waals surface area contributed by atoms with Crippen LogP contribution in [0.3, 0.4) is 0 Å². The molecule has 1 N–H and O–H groups in total. The van der Waals surface area contributed by atoms with Gasteiger partial charge in [0, 0.05) is 17.1 Å². The van der Waals surface area contributed by atoms with Crippen LogP contribution in [0, 0.1) is 5.92 Å². The normalized spacial score (nSPS) is 27.5. The molecule has 0 aliphatic heterocycles. The molecule has 0 heterocycles. The lowest BCUT2D eigenvalue weighted by Crippen LogP contribution is -2.30. The number of halogens is 1. The van der Waals surface area contributed by atoms with Crippen molar-refractivity contribution in [3.63, 3.8) is 0 Å². The van der Waals surface area contributed by atoms with Crippen LogP contribution in [0.2, 0.25) is 0 Å². The average Bonchev–Trinajstić information content (AvgIpc) is 3.31. The zero-order valence-corrected chi connectivity index (χ0v) is 14.4. The van der Waals surface area contributed by atoms with Crippen molar-refractivity contribution < 1.29 is 4.74 Å². The molecule has 0 radical (unpaired) electrons. The van der Waals surface area contributed by atoms with Gasteiger partial charge in [0.05, 0.1) is 12.2 Å². The maximum absolute atomic E-state index is 6.47. The minimum Gasteiger partial charge on any atom is -0.369 e. The van der Waals surface area contributed by atoms with E-state index < -0.39 is 0 Å². The van der Waals surface area contributed by atoms with E-state index in [4.69, 9.17) is 4.74 Å². The Morgan fingerprint density at radius 3 is 2.38 bits per heavy atom. The van der Waals surface area contributed by atoms with Crippen molar-refractivity contribution in [2.75, 3.05) is 6.54 Å². The van der Waals surface area contributed by atoms with Gasteiger partial charge < -0.3 is 10.1 Å². The molecule has 2 aliphatic carbocycles. The fourth-order valence-electron chi connectivity index (χ4n) is 3.08. The minimum atomic E-state index is 0.192. The van der Waals surface area contributed by atoms with Crippen LogP contribution in [0.15, 0.2) is 28.7 Å². The molecule has 0 aromatic heterocycles. The van der Waals surface area contributed by atoms with Crippen molar-refractivity contribution in [3.05, 3.63) is 34.3 Å². The van der Waals surface area contributed by atoms with E-state index in [0.717, 1.165) is 23.0 Å². The van der Waals surface area contributed by atoms with Gasteiger partial charge in [-0.2, -0.15) is 0 Å². The van der Waals surface area contributed by atoms with Crippen molar-refractivity contribution in [2.24, 2.45) is 5.92 Å². The molecule has 0 bridgehead atoms. The monoisotopic (exact) mass is 351 g/mol. The lowest BCUT2D eigenvalue weighted by molar-refractivity contribution is -0.0364. The molecule has 2 nitrogen and oxygen atoms in total. The number of hydrogen-bond acceptors (Lipinski definition) is 2. The van der Waals surface area contributed by atoms with Crippen molar-refractivity contribution in [2.45, 2.75) is 63.7 Å². The van der Waals surface area contributed by atoms with Crippen LogP contribution in [-0.2, 0) is 4.74 Å². The van der Waals surface area contributed by atoms with Gasteiger partial charge in [-0.05, 0) is 62.1 Å². The molecule has 2 fully saturated rings. The zero-order chi connectivity index (χ0) is 14.7. The van der Waals surface area contributed by atoms with Crippen molar-refractivity contribution in [1.82, 2.24) is 5.32 Å². The molecule has 3 rings (SSSR count). The van der Waals surface area contributed by atoms with Crippen molar-refractivity contribution in [1.29, 1.82) is 0 Å². The Labute approximate surface area is 136 Å². The van der Waals surface area contributed by atoms with E-state index in [1.165, 1.54) is 44.1 Å². The fourth-order valence-corrected chi connectivity index (χ4v) is 3.35. The first-order valence-electron chi connectivity index (χ1n) is 8.35. The predicted octanol–water partition coefficient (Wildman–Crippen LogP) is 4.84. The van der Waals surface area contributed by atoms with Gasteiger partial charge in [0.25, 0.3) is 0 Å². The third-order valence-corrected chi connectivity index (χ3v) is 5.26. The first kappa shape index (κ1) is 15.5. The zero-order valence-electron chi connectivity index (χ0n) is 12.9. The maximum Gasteiger partial charge on any atom is 0.0953 e. The first-order valence-corrected chi connectivity index (χ1v) is 9.14. The second kappa shape index (κ2) is 7.26. The Morgan fingerprint density at radius 1 is 1.10 bits per heavy atom. The quantitative estimate of drug-likeness (QED) is 0.791. The second-order valence-electron chi connectivity index (χ2n) is 6.74. The Balaban J connectivity index is 1.61. The van der Waals surface area contributed by atoms with E-state index in [1.54, 1.807) is 0 Å². The number of benzene rings is 1. The molecule has 21 heavy (non-hydrogen) atoms. The molecule has 0 saturated heterocycles. The molecule has 0 spiro atoms. The van der Waals surface area contributed by atoms with Gasteiger partial charge in [-0.15, -0.1) is 0 Å². The summed E-state index contributed by atoms with van der Waals surface area (Å²) in [4.78, 5) is 0. The maximum atomic E-state index is 6.47. The van der Waals surface area contributed by atoms with E-state index in [2.05, 4.69) is 52.4 Å². The highest BCUT2D eigenvalue weighted by Crippen LogP contribution is 2.30. The number of nitrogens with one attached hydrogen (secondary N) is 1. The summed E-state index contributed by atoms with van der Waals surface area (Å²) >= 11 is 3.52. The van der Waals surface area contributed by atoms with E-state index in [0.29, 0.717) is 6.10 Å². The van der Waals surface area contributed by atoms with Crippen LogP contribution >= 0.6 is 15.9 Å². The number of ether oxygens (including phenoxy) is 1. The Hall–Kier alpha value is -0.380. The number of rotatable bonds is 6. The Morgan fingerprint density at radius 2 is 1.76 bits per heavy atom. The molecule has 0 amide bonds. The van der Waals surface area contributed by atoms with Gasteiger partial charge in [-0.1, -0.05) is 35.0 Å². The highest BCUT2D eigenvalue weighted by Gasteiger charge is 2.26. The molecule has 1 atom stereocenters. The minimum absolute atomic E-state index is 0.192. The van der Waals surface area contributed by atoms with Gasteiger partial charge in [0.15, 0.2) is 0 Å². The van der Waals surface area contributed by atoms with Crippen LogP contribution < -0.4 is 5.32 Å². The number of hydrogen-bond donors (Lipinski definition) is 1. The molecule has 116 valence electrons. The van der Waals surface area contributed by atoms with E-state index >= 15 is 0 Å². The third-order valence-electron chi connectivity index (χ3n) is 4.73. The lowest BCUT2D eigenvalue weighted by atomic mass is 9.89. The molecule has 2 aliphatic rings. The highest BCUT2D eigenvalue weighted by molar-refractivity contribution is 9.10. The summed E-state index contributed by atoms with van der Waals surface area (Å²) in [5.74, 6) is 0.876. The summed E-state index contributed by atoms with van der Waals surface area (Å²) in [6.45, 7) is 3.30. The Bertz CT molecular complexity index is 435. The van der Waals surface area contributed by atoms with Gasteiger partial charge in [-0.3, -0.25) is 0 Å². The van der Waals surface area contributed by atoms with Crippen LogP contribution in [0.4, 0.5) is 0 Å². The molecule has 1 aromatic carbocycles. The smallest absolute Gasteiger partial charge is 0.0953 e. The molecule has 1 aromatic rings. The van der Waals surface area contributed by atoms with E-state index in [1.807, 2.05) is 0 Å². The summed E-state index contributed by atoms with van der Waals surface area (Å²) in [6, 6.07) is 9.35. The topological polar surface area (TPSA) is 21.3 Å². The highest BCUT2D eigenvalue weighted by atomic mass is 79.9.